The Labute approximate surface area is 147 Å². The molecule has 0 spiro atoms. The van der Waals surface area contributed by atoms with E-state index in [0.717, 1.165) is 23.4 Å². The Hall–Kier alpha value is -2.88. The van der Waals surface area contributed by atoms with Gasteiger partial charge in [0.25, 0.3) is 0 Å². The van der Waals surface area contributed by atoms with Crippen LogP contribution >= 0.6 is 0 Å². The maximum atomic E-state index is 12.4. The van der Waals surface area contributed by atoms with Crippen molar-refractivity contribution in [3.05, 3.63) is 89.6 Å². The van der Waals surface area contributed by atoms with E-state index in [1.54, 1.807) is 12.5 Å². The fraction of sp³-hybridized carbons (Fsp3) is 0.238. The van der Waals surface area contributed by atoms with E-state index >= 15 is 0 Å². The Kier molecular flexibility index (Phi) is 5.62. The Morgan fingerprint density at radius 1 is 1.12 bits per heavy atom. The van der Waals surface area contributed by atoms with Crippen LogP contribution in [0.25, 0.3) is 0 Å². The second-order valence-electron chi connectivity index (χ2n) is 6.19. The van der Waals surface area contributed by atoms with Crippen LogP contribution in [0.15, 0.2) is 71.5 Å². The summed E-state index contributed by atoms with van der Waals surface area (Å²) >= 11 is 0. The first-order valence-electron chi connectivity index (χ1n) is 8.46. The maximum Gasteiger partial charge on any atom is 0.221 e. The molecule has 3 aromatic rings. The summed E-state index contributed by atoms with van der Waals surface area (Å²) in [5, 5.41) is 3.00. The Morgan fingerprint density at radius 2 is 1.96 bits per heavy atom. The van der Waals surface area contributed by atoms with Gasteiger partial charge in [0.15, 0.2) is 0 Å². The summed E-state index contributed by atoms with van der Waals surface area (Å²) in [5.74, 6) is 0.891. The van der Waals surface area contributed by atoms with Crippen LogP contribution in [-0.2, 0) is 17.8 Å². The molecule has 1 aromatic carbocycles. The van der Waals surface area contributed by atoms with Crippen LogP contribution in [0.2, 0.25) is 0 Å². The van der Waals surface area contributed by atoms with Crippen molar-refractivity contribution in [3.8, 4) is 0 Å². The molecule has 128 valence electrons. The minimum absolute atomic E-state index is 0.0202. The molecule has 1 N–H and O–H groups in total. The van der Waals surface area contributed by atoms with Crippen molar-refractivity contribution in [2.75, 3.05) is 0 Å². The number of aromatic nitrogens is 1. The number of hydrogen-bond acceptors (Lipinski definition) is 3. The molecule has 0 fully saturated rings. The molecule has 0 aliphatic carbocycles. The van der Waals surface area contributed by atoms with E-state index in [0.29, 0.717) is 13.0 Å². The summed E-state index contributed by atoms with van der Waals surface area (Å²) in [6, 6.07) is 17.9. The van der Waals surface area contributed by atoms with Crippen molar-refractivity contribution in [1.29, 1.82) is 0 Å². The molecule has 0 saturated heterocycles. The summed E-state index contributed by atoms with van der Waals surface area (Å²) in [7, 11) is 0. The van der Waals surface area contributed by atoms with Gasteiger partial charge < -0.3 is 9.73 Å². The van der Waals surface area contributed by atoms with Crippen molar-refractivity contribution < 1.29 is 9.21 Å². The summed E-state index contributed by atoms with van der Waals surface area (Å²) in [6.45, 7) is 2.45. The Balaban J connectivity index is 1.62. The number of furan rings is 1. The molecule has 4 heteroatoms. The van der Waals surface area contributed by atoms with E-state index in [-0.39, 0.29) is 11.8 Å². The van der Waals surface area contributed by atoms with Crippen molar-refractivity contribution in [2.24, 2.45) is 0 Å². The molecular formula is C21H22N2O2. The number of amides is 1. The largest absolute Gasteiger partial charge is 0.469 e. The summed E-state index contributed by atoms with van der Waals surface area (Å²) in [5.41, 5.74) is 3.20. The first kappa shape index (κ1) is 17.0. The average Bonchev–Trinajstić information content (AvgIpc) is 3.15. The van der Waals surface area contributed by atoms with E-state index < -0.39 is 0 Å². The van der Waals surface area contributed by atoms with Gasteiger partial charge in [-0.25, -0.2) is 0 Å². The molecule has 0 aliphatic heterocycles. The molecule has 25 heavy (non-hydrogen) atoms. The fourth-order valence-electron chi connectivity index (χ4n) is 2.91. The average molecular weight is 334 g/mol. The lowest BCUT2D eigenvalue weighted by atomic mass is 9.93. The van der Waals surface area contributed by atoms with Gasteiger partial charge in [0.05, 0.1) is 6.26 Å². The molecule has 0 saturated carbocycles. The zero-order valence-electron chi connectivity index (χ0n) is 14.3. The molecular weight excluding hydrogens is 312 g/mol. The van der Waals surface area contributed by atoms with E-state index in [2.05, 4.69) is 22.4 Å². The van der Waals surface area contributed by atoms with Gasteiger partial charge in [0.2, 0.25) is 5.91 Å². The SMILES string of the molecule is Cc1cc(CNC(=O)CC(Cc2ccccc2)c2ccco2)ccn1. The highest BCUT2D eigenvalue weighted by Gasteiger charge is 2.19. The monoisotopic (exact) mass is 334 g/mol. The van der Waals surface area contributed by atoms with Gasteiger partial charge in [-0.1, -0.05) is 30.3 Å². The lowest BCUT2D eigenvalue weighted by molar-refractivity contribution is -0.121. The van der Waals surface area contributed by atoms with Gasteiger partial charge in [-0.2, -0.15) is 0 Å². The van der Waals surface area contributed by atoms with Crippen molar-refractivity contribution in [3.63, 3.8) is 0 Å². The van der Waals surface area contributed by atoms with Gasteiger partial charge in [-0.15, -0.1) is 0 Å². The smallest absolute Gasteiger partial charge is 0.221 e. The quantitative estimate of drug-likeness (QED) is 0.710. The summed E-state index contributed by atoms with van der Waals surface area (Å²) < 4.78 is 5.56. The topological polar surface area (TPSA) is 55.1 Å². The second kappa shape index (κ2) is 8.29. The van der Waals surface area contributed by atoms with Gasteiger partial charge >= 0.3 is 0 Å². The van der Waals surface area contributed by atoms with E-state index in [1.165, 1.54) is 5.56 Å². The van der Waals surface area contributed by atoms with Crippen LogP contribution in [0.5, 0.6) is 0 Å². The van der Waals surface area contributed by atoms with E-state index in [4.69, 9.17) is 4.42 Å². The second-order valence-corrected chi connectivity index (χ2v) is 6.19. The first-order chi connectivity index (χ1) is 12.2. The van der Waals surface area contributed by atoms with Crippen molar-refractivity contribution in [2.45, 2.75) is 32.2 Å². The van der Waals surface area contributed by atoms with Crippen LogP contribution in [0, 0.1) is 6.92 Å². The molecule has 1 atom stereocenters. The highest BCUT2D eigenvalue weighted by molar-refractivity contribution is 5.76. The first-order valence-corrected chi connectivity index (χ1v) is 8.46. The predicted octanol–water partition coefficient (Wildman–Crippen LogP) is 4.02. The van der Waals surface area contributed by atoms with Gasteiger partial charge in [0, 0.05) is 30.8 Å². The number of nitrogens with zero attached hydrogens (tertiary/aromatic N) is 1. The Morgan fingerprint density at radius 3 is 2.68 bits per heavy atom. The van der Waals surface area contributed by atoms with Crippen molar-refractivity contribution >= 4 is 5.91 Å². The van der Waals surface area contributed by atoms with Crippen LogP contribution in [0.4, 0.5) is 0 Å². The summed E-state index contributed by atoms with van der Waals surface area (Å²) in [4.78, 5) is 16.6. The minimum Gasteiger partial charge on any atom is -0.469 e. The number of rotatable bonds is 7. The summed E-state index contributed by atoms with van der Waals surface area (Å²) in [6.07, 6.45) is 4.59. The third-order valence-corrected chi connectivity index (χ3v) is 4.15. The number of carbonyl (C=O) groups excluding carboxylic acids is 1. The predicted molar refractivity (Wildman–Crippen MR) is 97.0 cm³/mol. The molecule has 1 unspecified atom stereocenters. The molecule has 1 amide bonds. The lowest BCUT2D eigenvalue weighted by Gasteiger charge is -2.15. The van der Waals surface area contributed by atoms with Crippen LogP contribution in [0.1, 0.15) is 34.9 Å². The third kappa shape index (κ3) is 5.05. The lowest BCUT2D eigenvalue weighted by Crippen LogP contribution is -2.25. The zero-order valence-corrected chi connectivity index (χ0v) is 14.3. The minimum atomic E-state index is 0.0202. The number of hydrogen-bond donors (Lipinski definition) is 1. The number of carbonyl (C=O) groups is 1. The molecule has 4 nitrogen and oxygen atoms in total. The standard InChI is InChI=1S/C21H22N2O2/c1-16-12-18(9-10-22-16)15-23-21(24)14-19(20-8-5-11-25-20)13-17-6-3-2-4-7-17/h2-12,19H,13-15H2,1H3,(H,23,24). The maximum absolute atomic E-state index is 12.4. The zero-order chi connectivity index (χ0) is 17.5. The fourth-order valence-corrected chi connectivity index (χ4v) is 2.91. The number of pyridine rings is 1. The number of benzene rings is 1. The molecule has 0 bridgehead atoms. The normalized spacial score (nSPS) is 11.9. The van der Waals surface area contributed by atoms with Crippen LogP contribution in [0.3, 0.4) is 0 Å². The van der Waals surface area contributed by atoms with Gasteiger partial charge in [-0.05, 0) is 48.7 Å². The van der Waals surface area contributed by atoms with Crippen LogP contribution < -0.4 is 5.32 Å². The highest BCUT2D eigenvalue weighted by atomic mass is 16.3. The Bertz CT molecular complexity index is 798. The van der Waals surface area contributed by atoms with E-state index in [9.17, 15) is 4.79 Å². The molecule has 2 heterocycles. The van der Waals surface area contributed by atoms with Gasteiger partial charge in [0.1, 0.15) is 5.76 Å². The number of nitrogens with one attached hydrogen (secondary N) is 1. The number of aryl methyl sites for hydroxylation is 1. The highest BCUT2D eigenvalue weighted by Crippen LogP contribution is 2.25. The third-order valence-electron chi connectivity index (χ3n) is 4.15. The molecule has 0 radical (unpaired) electrons. The molecule has 2 aromatic heterocycles. The molecule has 3 rings (SSSR count). The molecule has 0 aliphatic rings. The van der Waals surface area contributed by atoms with Crippen molar-refractivity contribution in [1.82, 2.24) is 10.3 Å². The van der Waals surface area contributed by atoms with E-state index in [1.807, 2.05) is 49.4 Å². The van der Waals surface area contributed by atoms with Gasteiger partial charge in [-0.3, -0.25) is 9.78 Å². The van der Waals surface area contributed by atoms with Crippen LogP contribution in [-0.4, -0.2) is 10.9 Å².